The summed E-state index contributed by atoms with van der Waals surface area (Å²) in [6, 6.07) is 29.3. The van der Waals surface area contributed by atoms with Crippen LogP contribution in [-0.2, 0) is 6.54 Å². The number of nitriles is 1. The first kappa shape index (κ1) is 20.3. The molecule has 160 valence electrons. The molecule has 0 bridgehead atoms. The van der Waals surface area contributed by atoms with E-state index in [1.165, 1.54) is 12.1 Å². The second-order valence-corrected chi connectivity index (χ2v) is 7.39. The van der Waals surface area contributed by atoms with E-state index < -0.39 is 0 Å². The third-order valence-corrected chi connectivity index (χ3v) is 5.18. The molecule has 6 heteroatoms. The molecule has 0 saturated carbocycles. The van der Waals surface area contributed by atoms with Gasteiger partial charge in [0.1, 0.15) is 23.4 Å². The van der Waals surface area contributed by atoms with Crippen LogP contribution in [0.4, 0.5) is 10.3 Å². The van der Waals surface area contributed by atoms with Crippen LogP contribution in [0.2, 0.25) is 0 Å². The van der Waals surface area contributed by atoms with Gasteiger partial charge in [-0.15, -0.1) is 0 Å². The third kappa shape index (κ3) is 4.39. The first-order chi connectivity index (χ1) is 16.2. The zero-order valence-corrected chi connectivity index (χ0v) is 17.5. The van der Waals surface area contributed by atoms with Gasteiger partial charge in [0.15, 0.2) is 0 Å². The van der Waals surface area contributed by atoms with Crippen molar-refractivity contribution < 1.29 is 13.5 Å². The van der Waals surface area contributed by atoms with Crippen molar-refractivity contribution in [2.24, 2.45) is 0 Å². The van der Waals surface area contributed by atoms with Crippen molar-refractivity contribution in [3.8, 4) is 29.0 Å². The van der Waals surface area contributed by atoms with E-state index in [1.54, 1.807) is 12.1 Å². The maximum atomic E-state index is 13.0. The maximum Gasteiger partial charge on any atom is 0.232 e. The van der Waals surface area contributed by atoms with Crippen LogP contribution in [-0.4, -0.2) is 4.98 Å². The van der Waals surface area contributed by atoms with Crippen molar-refractivity contribution in [1.29, 1.82) is 5.26 Å². The zero-order chi connectivity index (χ0) is 22.6. The van der Waals surface area contributed by atoms with E-state index in [1.807, 2.05) is 66.7 Å². The number of hydrogen-bond donors (Lipinski definition) is 1. The molecule has 0 fully saturated rings. The summed E-state index contributed by atoms with van der Waals surface area (Å²) in [7, 11) is 0. The normalized spacial score (nSPS) is 10.7. The summed E-state index contributed by atoms with van der Waals surface area (Å²) in [4.78, 5) is 4.39. The number of ether oxygens (including phenoxy) is 1. The van der Waals surface area contributed by atoms with Crippen molar-refractivity contribution in [3.05, 3.63) is 108 Å². The maximum absolute atomic E-state index is 13.0. The highest BCUT2D eigenvalue weighted by Crippen LogP contribution is 2.31. The van der Waals surface area contributed by atoms with Crippen LogP contribution in [0.5, 0.6) is 11.5 Å². The number of hydrogen-bond acceptors (Lipinski definition) is 5. The van der Waals surface area contributed by atoms with Crippen molar-refractivity contribution in [1.82, 2.24) is 4.98 Å². The second-order valence-electron chi connectivity index (χ2n) is 7.39. The van der Waals surface area contributed by atoms with Gasteiger partial charge in [-0.25, -0.2) is 4.39 Å². The van der Waals surface area contributed by atoms with Crippen LogP contribution in [0.3, 0.4) is 0 Å². The molecule has 1 N–H and O–H groups in total. The lowest BCUT2D eigenvalue weighted by Gasteiger charge is -2.07. The summed E-state index contributed by atoms with van der Waals surface area (Å²) in [5, 5.41) is 14.8. The van der Waals surface area contributed by atoms with Crippen molar-refractivity contribution in [3.63, 3.8) is 0 Å². The van der Waals surface area contributed by atoms with Gasteiger partial charge in [-0.05, 0) is 58.8 Å². The molecule has 4 aromatic carbocycles. The van der Waals surface area contributed by atoms with E-state index in [4.69, 9.17) is 9.15 Å². The highest BCUT2D eigenvalue weighted by Gasteiger charge is 2.16. The molecule has 0 unspecified atom stereocenters. The minimum absolute atomic E-state index is 0.203. The molecule has 0 aliphatic carbocycles. The standard InChI is InChI=1S/C27H18FN3O2/c28-20-10-14-22(15-11-20)32-21-12-8-18(9-13-21)17-30-27-25(16-29)31-26(33-27)24-7-3-5-19-4-1-2-6-23(19)24/h1-15,30H,17H2. The van der Waals surface area contributed by atoms with E-state index in [0.717, 1.165) is 21.9 Å². The predicted octanol–water partition coefficient (Wildman–Crippen LogP) is 6.91. The van der Waals surface area contributed by atoms with Gasteiger partial charge in [0.2, 0.25) is 17.5 Å². The lowest BCUT2D eigenvalue weighted by Crippen LogP contribution is -1.99. The predicted molar refractivity (Wildman–Crippen MR) is 124 cm³/mol. The number of aromatic nitrogens is 1. The fourth-order valence-corrected chi connectivity index (χ4v) is 3.54. The first-order valence-electron chi connectivity index (χ1n) is 10.3. The van der Waals surface area contributed by atoms with E-state index in [0.29, 0.717) is 29.8 Å². The molecule has 0 amide bonds. The summed E-state index contributed by atoms with van der Waals surface area (Å²) < 4.78 is 24.7. The molecule has 5 aromatic rings. The monoisotopic (exact) mass is 435 g/mol. The molecule has 5 nitrogen and oxygen atoms in total. The summed E-state index contributed by atoms with van der Waals surface area (Å²) in [5.74, 6) is 1.61. The number of benzene rings is 4. The summed E-state index contributed by atoms with van der Waals surface area (Å²) in [5.41, 5.74) is 2.00. The number of halogens is 1. The smallest absolute Gasteiger partial charge is 0.232 e. The van der Waals surface area contributed by atoms with Crippen molar-refractivity contribution in [2.45, 2.75) is 6.54 Å². The molecule has 0 radical (unpaired) electrons. The lowest BCUT2D eigenvalue weighted by atomic mass is 10.0. The quantitative estimate of drug-likeness (QED) is 0.314. The highest BCUT2D eigenvalue weighted by atomic mass is 19.1. The summed E-state index contributed by atoms with van der Waals surface area (Å²) in [6.07, 6.45) is 0. The van der Waals surface area contributed by atoms with E-state index >= 15 is 0 Å². The summed E-state index contributed by atoms with van der Waals surface area (Å²) >= 11 is 0. The molecular formula is C27H18FN3O2. The Morgan fingerprint density at radius 2 is 1.58 bits per heavy atom. The fourth-order valence-electron chi connectivity index (χ4n) is 3.54. The number of nitrogens with zero attached hydrogens (tertiary/aromatic N) is 2. The first-order valence-corrected chi connectivity index (χ1v) is 10.3. The minimum atomic E-state index is -0.309. The third-order valence-electron chi connectivity index (χ3n) is 5.18. The molecule has 0 aliphatic rings. The molecular weight excluding hydrogens is 417 g/mol. The van der Waals surface area contributed by atoms with Crippen molar-refractivity contribution >= 4 is 16.7 Å². The summed E-state index contributed by atoms with van der Waals surface area (Å²) in [6.45, 7) is 0.440. The number of nitrogens with one attached hydrogen (secondary N) is 1. The SMILES string of the molecule is N#Cc1nc(-c2cccc3ccccc23)oc1NCc1ccc(Oc2ccc(F)cc2)cc1. The van der Waals surface area contributed by atoms with Crippen molar-refractivity contribution in [2.75, 3.05) is 5.32 Å². The van der Waals surface area contributed by atoms with Gasteiger partial charge >= 0.3 is 0 Å². The van der Waals surface area contributed by atoms with Gasteiger partial charge in [0.25, 0.3) is 0 Å². The Kier molecular flexibility index (Phi) is 5.44. The fraction of sp³-hybridized carbons (Fsp3) is 0.0370. The van der Waals surface area contributed by atoms with Crippen LogP contribution in [0.1, 0.15) is 11.3 Å². The Bertz CT molecular complexity index is 1450. The second kappa shape index (κ2) is 8.85. The molecule has 1 aromatic heterocycles. The average molecular weight is 435 g/mol. The van der Waals surface area contributed by atoms with Gasteiger partial charge in [-0.2, -0.15) is 10.2 Å². The van der Waals surface area contributed by atoms with Gasteiger partial charge in [0, 0.05) is 12.1 Å². The molecule has 0 spiro atoms. The van der Waals surface area contributed by atoms with Crippen LogP contribution in [0.15, 0.2) is 95.4 Å². The van der Waals surface area contributed by atoms with Crippen LogP contribution >= 0.6 is 0 Å². The molecule has 5 rings (SSSR count). The van der Waals surface area contributed by atoms with Gasteiger partial charge in [0.05, 0.1) is 0 Å². The van der Waals surface area contributed by atoms with E-state index in [2.05, 4.69) is 16.4 Å². The van der Waals surface area contributed by atoms with Crippen LogP contribution in [0, 0.1) is 17.1 Å². The number of anilines is 1. The van der Waals surface area contributed by atoms with Gasteiger partial charge < -0.3 is 14.5 Å². The Morgan fingerprint density at radius 1 is 0.879 bits per heavy atom. The molecule has 0 atom stereocenters. The van der Waals surface area contributed by atoms with Gasteiger partial charge in [-0.1, -0.05) is 48.5 Å². The van der Waals surface area contributed by atoms with Crippen LogP contribution < -0.4 is 10.1 Å². The average Bonchev–Trinajstić information content (AvgIpc) is 3.28. The number of oxazole rings is 1. The van der Waals surface area contributed by atoms with Crippen LogP contribution in [0.25, 0.3) is 22.2 Å². The number of rotatable bonds is 6. The minimum Gasteiger partial charge on any atom is -0.457 e. The molecule has 0 saturated heterocycles. The topological polar surface area (TPSA) is 71.1 Å². The Morgan fingerprint density at radius 3 is 2.33 bits per heavy atom. The highest BCUT2D eigenvalue weighted by molar-refractivity contribution is 5.94. The Hall–Kier alpha value is -4.63. The lowest BCUT2D eigenvalue weighted by molar-refractivity contribution is 0.480. The molecule has 1 heterocycles. The molecule has 0 aliphatic heterocycles. The number of fused-ring (bicyclic) bond motifs is 1. The van der Waals surface area contributed by atoms with Gasteiger partial charge in [-0.3, -0.25) is 0 Å². The van der Waals surface area contributed by atoms with E-state index in [9.17, 15) is 9.65 Å². The Labute approximate surface area is 189 Å². The largest absolute Gasteiger partial charge is 0.457 e. The zero-order valence-electron chi connectivity index (χ0n) is 17.5. The Balaban J connectivity index is 1.31. The molecule has 33 heavy (non-hydrogen) atoms. The van der Waals surface area contributed by atoms with E-state index in [-0.39, 0.29) is 11.5 Å².